The second-order valence-corrected chi connectivity index (χ2v) is 4.37. The van der Waals surface area contributed by atoms with E-state index in [1.807, 2.05) is 0 Å². The van der Waals surface area contributed by atoms with Gasteiger partial charge in [0, 0.05) is 17.5 Å². The van der Waals surface area contributed by atoms with Gasteiger partial charge in [-0.25, -0.2) is 0 Å². The molecule has 1 atom stereocenters. The van der Waals surface area contributed by atoms with E-state index in [1.54, 1.807) is 0 Å². The van der Waals surface area contributed by atoms with Crippen LogP contribution in [0.5, 0.6) is 0 Å². The minimum absolute atomic E-state index is 0.139. The zero-order valence-corrected chi connectivity index (χ0v) is 7.11. The first-order chi connectivity index (χ1) is 5.18. The third-order valence-electron chi connectivity index (χ3n) is 3.24. The van der Waals surface area contributed by atoms with Crippen LogP contribution in [-0.2, 0) is 0 Å². The number of hydrogen-bond acceptors (Lipinski definition) is 1. The molecule has 11 heavy (non-hydrogen) atoms. The molecule has 0 aromatic heterocycles. The Bertz CT molecular complexity index is 209. The van der Waals surface area contributed by atoms with Gasteiger partial charge in [0.15, 0.2) is 0 Å². The lowest BCUT2D eigenvalue weighted by molar-refractivity contribution is 0.205. The summed E-state index contributed by atoms with van der Waals surface area (Å²) in [5, 5.41) is 3.57. The smallest absolute Gasteiger partial charge is 0.0425 e. The molecule has 1 saturated heterocycles. The lowest BCUT2D eigenvalue weighted by Crippen LogP contribution is -2.45. The number of hydrogen-bond donors (Lipinski definition) is 1. The molecular formula is C10H15N. The van der Waals surface area contributed by atoms with Crippen molar-refractivity contribution in [3.05, 3.63) is 0 Å². The van der Waals surface area contributed by atoms with E-state index < -0.39 is 0 Å². The average molecular weight is 149 g/mol. The summed E-state index contributed by atoms with van der Waals surface area (Å²) in [4.78, 5) is 0. The van der Waals surface area contributed by atoms with Crippen LogP contribution in [0.3, 0.4) is 0 Å². The molecule has 0 aromatic rings. The third-order valence-corrected chi connectivity index (χ3v) is 3.24. The first-order valence-corrected chi connectivity index (χ1v) is 4.41. The molecule has 2 aliphatic rings. The van der Waals surface area contributed by atoms with E-state index in [-0.39, 0.29) is 5.41 Å². The van der Waals surface area contributed by atoms with Crippen LogP contribution in [0.25, 0.3) is 0 Å². The highest BCUT2D eigenvalue weighted by Gasteiger charge is 2.47. The monoisotopic (exact) mass is 149 g/mol. The van der Waals surface area contributed by atoms with Crippen molar-refractivity contribution in [2.45, 2.75) is 38.1 Å². The second-order valence-electron chi connectivity index (χ2n) is 4.37. The summed E-state index contributed by atoms with van der Waals surface area (Å²) in [5.74, 6) is 2.90. The van der Waals surface area contributed by atoms with Crippen molar-refractivity contribution in [2.75, 3.05) is 6.54 Å². The predicted molar refractivity (Wildman–Crippen MR) is 46.1 cm³/mol. The fourth-order valence-electron chi connectivity index (χ4n) is 2.31. The van der Waals surface area contributed by atoms with Crippen LogP contribution in [0.15, 0.2) is 0 Å². The van der Waals surface area contributed by atoms with Gasteiger partial charge in [-0.2, -0.15) is 0 Å². The fourth-order valence-corrected chi connectivity index (χ4v) is 2.31. The SMILES string of the molecule is C#CC1(C)CNC2(CCC2)C1. The topological polar surface area (TPSA) is 12.0 Å². The summed E-state index contributed by atoms with van der Waals surface area (Å²) < 4.78 is 0. The summed E-state index contributed by atoms with van der Waals surface area (Å²) in [6.45, 7) is 3.20. The molecule has 0 aromatic carbocycles. The molecular weight excluding hydrogens is 134 g/mol. The first kappa shape index (κ1) is 7.18. The number of terminal acetylenes is 1. The normalized spacial score (nSPS) is 40.0. The molecule has 0 radical (unpaired) electrons. The Hall–Kier alpha value is -0.480. The maximum atomic E-state index is 5.48. The lowest BCUT2D eigenvalue weighted by Gasteiger charge is -2.39. The van der Waals surface area contributed by atoms with E-state index in [4.69, 9.17) is 6.42 Å². The van der Waals surface area contributed by atoms with Gasteiger partial charge in [0.05, 0.1) is 0 Å². The molecule has 0 amide bonds. The van der Waals surface area contributed by atoms with Gasteiger partial charge in [-0.05, 0) is 32.6 Å². The van der Waals surface area contributed by atoms with Crippen LogP contribution in [0.2, 0.25) is 0 Å². The molecule has 1 aliphatic heterocycles. The minimum atomic E-state index is 0.139. The largest absolute Gasteiger partial charge is 0.310 e. The maximum Gasteiger partial charge on any atom is 0.0425 e. The Balaban J connectivity index is 2.09. The quantitative estimate of drug-likeness (QED) is 0.515. The van der Waals surface area contributed by atoms with Crippen molar-refractivity contribution in [1.29, 1.82) is 0 Å². The number of rotatable bonds is 0. The van der Waals surface area contributed by atoms with Crippen molar-refractivity contribution in [1.82, 2.24) is 5.32 Å². The molecule has 1 N–H and O–H groups in total. The maximum absolute atomic E-state index is 5.48. The van der Waals surface area contributed by atoms with Gasteiger partial charge >= 0.3 is 0 Å². The van der Waals surface area contributed by atoms with Crippen LogP contribution in [0.1, 0.15) is 32.6 Å². The van der Waals surface area contributed by atoms with Crippen molar-refractivity contribution in [3.8, 4) is 12.3 Å². The van der Waals surface area contributed by atoms with Gasteiger partial charge in [-0.1, -0.05) is 5.92 Å². The molecule has 1 nitrogen and oxygen atoms in total. The standard InChI is InChI=1S/C10H15N/c1-3-9(2)7-10(11-8-9)5-4-6-10/h1,11H,4-8H2,2H3. The Labute approximate surface area is 68.6 Å². The van der Waals surface area contributed by atoms with Crippen LogP contribution in [0, 0.1) is 17.8 Å². The predicted octanol–water partition coefficient (Wildman–Crippen LogP) is 1.54. The Morgan fingerprint density at radius 1 is 1.45 bits per heavy atom. The lowest BCUT2D eigenvalue weighted by atomic mass is 9.71. The van der Waals surface area contributed by atoms with E-state index >= 15 is 0 Å². The number of nitrogens with one attached hydrogen (secondary N) is 1. The highest BCUT2D eigenvalue weighted by Crippen LogP contribution is 2.45. The second kappa shape index (κ2) is 2.01. The molecule has 2 fully saturated rings. The van der Waals surface area contributed by atoms with Crippen molar-refractivity contribution in [3.63, 3.8) is 0 Å². The fraction of sp³-hybridized carbons (Fsp3) is 0.800. The summed E-state index contributed by atoms with van der Waals surface area (Å²) in [7, 11) is 0. The van der Waals surface area contributed by atoms with Crippen LogP contribution < -0.4 is 5.32 Å². The van der Waals surface area contributed by atoms with E-state index in [0.29, 0.717) is 5.54 Å². The summed E-state index contributed by atoms with van der Waals surface area (Å²) in [5.41, 5.74) is 0.599. The zero-order chi connectivity index (χ0) is 7.95. The molecule has 2 rings (SSSR count). The molecule has 1 heteroatoms. The van der Waals surface area contributed by atoms with Crippen molar-refractivity contribution >= 4 is 0 Å². The first-order valence-electron chi connectivity index (χ1n) is 4.41. The van der Waals surface area contributed by atoms with Crippen molar-refractivity contribution in [2.24, 2.45) is 5.41 Å². The van der Waals surface area contributed by atoms with Gasteiger partial charge in [0.1, 0.15) is 0 Å². The Kier molecular flexibility index (Phi) is 1.32. The van der Waals surface area contributed by atoms with Gasteiger partial charge in [0.25, 0.3) is 0 Å². The highest BCUT2D eigenvalue weighted by atomic mass is 15.0. The molecule has 1 saturated carbocycles. The third kappa shape index (κ3) is 0.973. The molecule has 1 spiro atoms. The van der Waals surface area contributed by atoms with Gasteiger partial charge in [-0.15, -0.1) is 6.42 Å². The van der Waals surface area contributed by atoms with E-state index in [1.165, 1.54) is 25.7 Å². The van der Waals surface area contributed by atoms with Crippen molar-refractivity contribution < 1.29 is 0 Å². The van der Waals surface area contributed by atoms with Crippen LogP contribution in [-0.4, -0.2) is 12.1 Å². The molecule has 0 bridgehead atoms. The minimum Gasteiger partial charge on any atom is -0.310 e. The molecule has 1 unspecified atom stereocenters. The van der Waals surface area contributed by atoms with E-state index in [2.05, 4.69) is 18.2 Å². The van der Waals surface area contributed by atoms with Gasteiger partial charge in [0.2, 0.25) is 0 Å². The summed E-state index contributed by atoms with van der Waals surface area (Å²) in [6, 6.07) is 0. The van der Waals surface area contributed by atoms with Gasteiger partial charge < -0.3 is 5.32 Å². The average Bonchev–Trinajstić information content (AvgIpc) is 2.29. The highest BCUT2D eigenvalue weighted by molar-refractivity contribution is 5.16. The summed E-state index contributed by atoms with van der Waals surface area (Å²) >= 11 is 0. The van der Waals surface area contributed by atoms with Crippen LogP contribution in [0.4, 0.5) is 0 Å². The van der Waals surface area contributed by atoms with Crippen LogP contribution >= 0.6 is 0 Å². The van der Waals surface area contributed by atoms with E-state index in [0.717, 1.165) is 6.54 Å². The van der Waals surface area contributed by atoms with E-state index in [9.17, 15) is 0 Å². The molecule has 1 aliphatic carbocycles. The zero-order valence-electron chi connectivity index (χ0n) is 7.11. The van der Waals surface area contributed by atoms with Gasteiger partial charge in [-0.3, -0.25) is 0 Å². The molecule has 60 valence electrons. The molecule has 1 heterocycles. The summed E-state index contributed by atoms with van der Waals surface area (Å²) in [6.07, 6.45) is 10.7. The Morgan fingerprint density at radius 2 is 2.18 bits per heavy atom. The Morgan fingerprint density at radius 3 is 2.45 bits per heavy atom.